The van der Waals surface area contributed by atoms with Crippen molar-refractivity contribution in [3.63, 3.8) is 0 Å². The number of anilines is 1. The molecule has 0 saturated carbocycles. The summed E-state index contributed by atoms with van der Waals surface area (Å²) < 4.78 is 72.5. The van der Waals surface area contributed by atoms with Crippen LogP contribution in [0.5, 0.6) is 0 Å². The zero-order valence-corrected chi connectivity index (χ0v) is 20.8. The summed E-state index contributed by atoms with van der Waals surface area (Å²) in [5.41, 5.74) is 0.473. The number of hydrogen-bond donors (Lipinski definition) is 2. The molecule has 1 fully saturated rings. The van der Waals surface area contributed by atoms with Crippen LogP contribution in [0.1, 0.15) is 22.5 Å². The van der Waals surface area contributed by atoms with Gasteiger partial charge >= 0.3 is 0 Å². The first-order valence-electron chi connectivity index (χ1n) is 10.9. The summed E-state index contributed by atoms with van der Waals surface area (Å²) in [6.07, 6.45) is 3.49. The van der Waals surface area contributed by atoms with E-state index in [-0.39, 0.29) is 28.9 Å². The fraction of sp³-hybridized carbons (Fsp3) is 0.208. The summed E-state index contributed by atoms with van der Waals surface area (Å²) in [5.74, 6) is -3.81. The highest BCUT2D eigenvalue weighted by Gasteiger charge is 2.30. The second-order valence-corrected chi connectivity index (χ2v) is 10.9. The highest BCUT2D eigenvalue weighted by atomic mass is 32.2. The molecule has 4 rings (SSSR count). The van der Waals surface area contributed by atoms with Gasteiger partial charge in [-0.25, -0.2) is 21.6 Å². The van der Waals surface area contributed by atoms with Crippen molar-refractivity contribution in [2.24, 2.45) is 7.05 Å². The lowest BCUT2D eigenvalue weighted by atomic mass is 10.2. The first-order valence-corrected chi connectivity index (χ1v) is 13.2. The predicted octanol–water partition coefficient (Wildman–Crippen LogP) is 4.37. The van der Waals surface area contributed by atoms with Gasteiger partial charge in [-0.05, 0) is 42.1 Å². The van der Waals surface area contributed by atoms with Gasteiger partial charge in [0.1, 0.15) is 5.69 Å². The van der Waals surface area contributed by atoms with Gasteiger partial charge in [0.05, 0.1) is 4.90 Å². The molecule has 2 N–H and O–H groups in total. The SMILES string of the molecule is Cn1cc(SNC2CCN(S(=O)(=O)/C=C/c3ccccc3)C2)c(F)c1C(=O)Nc1ccc(F)c(F)c1. The largest absolute Gasteiger partial charge is 0.343 e. The molecule has 1 aliphatic rings. The van der Waals surface area contributed by atoms with Gasteiger partial charge in [0.25, 0.3) is 5.91 Å². The van der Waals surface area contributed by atoms with Crippen molar-refractivity contribution in [2.75, 3.05) is 18.4 Å². The number of hydrogen-bond acceptors (Lipinski definition) is 5. The van der Waals surface area contributed by atoms with Crippen molar-refractivity contribution in [1.82, 2.24) is 13.6 Å². The third-order valence-electron chi connectivity index (χ3n) is 5.56. The number of sulfonamides is 1. The number of carbonyl (C=O) groups excluding carboxylic acids is 1. The molecule has 0 aliphatic carbocycles. The quantitative estimate of drug-likeness (QED) is 0.418. The molecule has 7 nitrogen and oxygen atoms in total. The van der Waals surface area contributed by atoms with E-state index < -0.39 is 33.4 Å². The first-order chi connectivity index (χ1) is 17.1. The van der Waals surface area contributed by atoms with Gasteiger partial charge in [-0.15, -0.1) is 0 Å². The number of rotatable bonds is 8. The maximum atomic E-state index is 15.0. The minimum atomic E-state index is -3.61. The Labute approximate surface area is 211 Å². The Kier molecular flexibility index (Phi) is 7.88. The van der Waals surface area contributed by atoms with E-state index >= 15 is 0 Å². The van der Waals surface area contributed by atoms with Gasteiger partial charge in [0.2, 0.25) is 10.0 Å². The van der Waals surface area contributed by atoms with Crippen LogP contribution in [-0.2, 0) is 17.1 Å². The average Bonchev–Trinajstić information content (AvgIpc) is 3.44. The number of nitrogens with zero attached hydrogens (tertiary/aromatic N) is 2. The Hall–Kier alpha value is -3.06. The number of aromatic nitrogens is 1. The van der Waals surface area contributed by atoms with Gasteiger partial charge in [0, 0.05) is 49.5 Å². The van der Waals surface area contributed by atoms with Crippen LogP contribution < -0.4 is 10.0 Å². The summed E-state index contributed by atoms with van der Waals surface area (Å²) in [4.78, 5) is 12.7. The molecule has 12 heteroatoms. The van der Waals surface area contributed by atoms with Gasteiger partial charge < -0.3 is 9.88 Å². The minimum absolute atomic E-state index is 0.0135. The molecule has 3 aromatic rings. The molecule has 2 heterocycles. The Morgan fingerprint density at radius 1 is 1.11 bits per heavy atom. The summed E-state index contributed by atoms with van der Waals surface area (Å²) >= 11 is 0.955. The van der Waals surface area contributed by atoms with Crippen molar-refractivity contribution >= 4 is 39.6 Å². The Balaban J connectivity index is 1.36. The number of halogens is 3. The number of nitrogens with one attached hydrogen (secondary N) is 2. The molecule has 1 atom stereocenters. The molecule has 0 bridgehead atoms. The third kappa shape index (κ3) is 6.01. The van der Waals surface area contributed by atoms with Crippen molar-refractivity contribution in [3.8, 4) is 0 Å². The molecule has 1 aliphatic heterocycles. The van der Waals surface area contributed by atoms with Crippen LogP contribution >= 0.6 is 11.9 Å². The van der Waals surface area contributed by atoms with Crippen LogP contribution in [-0.4, -0.2) is 42.3 Å². The lowest BCUT2D eigenvalue weighted by Gasteiger charge is -2.14. The number of benzene rings is 2. The normalized spacial score (nSPS) is 16.6. The van der Waals surface area contributed by atoms with E-state index in [0.717, 1.165) is 29.6 Å². The third-order valence-corrected chi connectivity index (χ3v) is 8.05. The van der Waals surface area contributed by atoms with Gasteiger partial charge in [-0.2, -0.15) is 4.31 Å². The maximum absolute atomic E-state index is 15.0. The second kappa shape index (κ2) is 10.9. The fourth-order valence-corrected chi connectivity index (χ4v) is 5.81. The molecular formula is C24H23F3N4O3S2. The lowest BCUT2D eigenvalue weighted by Crippen LogP contribution is -2.31. The Morgan fingerprint density at radius 3 is 2.58 bits per heavy atom. The smallest absolute Gasteiger partial charge is 0.275 e. The van der Waals surface area contributed by atoms with E-state index in [2.05, 4.69) is 10.0 Å². The number of amides is 1. The molecule has 1 saturated heterocycles. The molecule has 1 amide bonds. The molecule has 2 aromatic carbocycles. The van der Waals surface area contributed by atoms with Crippen molar-refractivity contribution in [1.29, 1.82) is 0 Å². The highest BCUT2D eigenvalue weighted by molar-refractivity contribution is 7.97. The summed E-state index contributed by atoms with van der Waals surface area (Å²) in [6, 6.07) is 11.7. The van der Waals surface area contributed by atoms with E-state index in [1.165, 1.54) is 39.7 Å². The first kappa shape index (κ1) is 26.0. The van der Waals surface area contributed by atoms with Crippen LogP contribution in [0, 0.1) is 17.5 Å². The van der Waals surface area contributed by atoms with E-state index in [1.54, 1.807) is 12.1 Å². The average molecular weight is 537 g/mol. The lowest BCUT2D eigenvalue weighted by molar-refractivity contribution is 0.101. The summed E-state index contributed by atoms with van der Waals surface area (Å²) in [6.45, 7) is 0.533. The molecular weight excluding hydrogens is 513 g/mol. The molecule has 1 unspecified atom stereocenters. The molecule has 190 valence electrons. The van der Waals surface area contributed by atoms with Gasteiger partial charge in [-0.3, -0.25) is 9.52 Å². The molecule has 1 aromatic heterocycles. The van der Waals surface area contributed by atoms with E-state index in [9.17, 15) is 26.4 Å². The Bertz CT molecular complexity index is 1400. The predicted molar refractivity (Wildman–Crippen MR) is 133 cm³/mol. The topological polar surface area (TPSA) is 83.4 Å². The minimum Gasteiger partial charge on any atom is -0.343 e. The van der Waals surface area contributed by atoms with Crippen molar-refractivity contribution in [3.05, 3.63) is 88.8 Å². The molecule has 0 spiro atoms. The number of carbonyl (C=O) groups is 1. The van der Waals surface area contributed by atoms with Crippen molar-refractivity contribution < 1.29 is 26.4 Å². The zero-order valence-electron chi connectivity index (χ0n) is 19.1. The van der Waals surface area contributed by atoms with Crippen LogP contribution in [0.25, 0.3) is 6.08 Å². The van der Waals surface area contributed by atoms with Gasteiger partial charge in [-0.1, -0.05) is 30.3 Å². The Morgan fingerprint density at radius 2 is 1.86 bits per heavy atom. The van der Waals surface area contributed by atoms with Crippen LogP contribution in [0.4, 0.5) is 18.9 Å². The van der Waals surface area contributed by atoms with Crippen LogP contribution in [0.15, 0.2) is 65.0 Å². The monoisotopic (exact) mass is 536 g/mol. The molecule has 36 heavy (non-hydrogen) atoms. The van der Waals surface area contributed by atoms with E-state index in [0.29, 0.717) is 13.0 Å². The maximum Gasteiger partial charge on any atom is 0.275 e. The second-order valence-electron chi connectivity index (χ2n) is 8.17. The van der Waals surface area contributed by atoms with E-state index in [1.807, 2.05) is 18.2 Å². The standard InChI is InChI=1S/C24H23F3N4O3S2/c1-30-15-21(22(27)23(30)24(32)28-17-7-8-19(25)20(26)13-17)35-29-18-9-11-31(14-18)36(33,34)12-10-16-5-3-2-4-6-16/h2-8,10,12-13,15,18,29H,9,11,14H2,1H3,(H,28,32)/b12-10+. The summed E-state index contributed by atoms with van der Waals surface area (Å²) in [5, 5.41) is 3.52. The van der Waals surface area contributed by atoms with Crippen LogP contribution in [0.3, 0.4) is 0 Å². The van der Waals surface area contributed by atoms with Crippen molar-refractivity contribution in [2.45, 2.75) is 17.4 Å². The summed E-state index contributed by atoms with van der Waals surface area (Å²) in [7, 11) is -2.13. The van der Waals surface area contributed by atoms with E-state index in [4.69, 9.17) is 0 Å². The zero-order chi connectivity index (χ0) is 25.9. The highest BCUT2D eigenvalue weighted by Crippen LogP contribution is 2.27. The number of aryl methyl sites for hydroxylation is 1. The molecule has 0 radical (unpaired) electrons. The van der Waals surface area contributed by atoms with Crippen LogP contribution in [0.2, 0.25) is 0 Å². The van der Waals surface area contributed by atoms with Gasteiger partial charge in [0.15, 0.2) is 17.5 Å². The fourth-order valence-electron chi connectivity index (χ4n) is 3.68.